The topological polar surface area (TPSA) is 118 Å². The first-order valence-corrected chi connectivity index (χ1v) is 12.0. The van der Waals surface area contributed by atoms with Crippen LogP contribution in [-0.4, -0.2) is 38.6 Å². The van der Waals surface area contributed by atoms with E-state index in [-0.39, 0.29) is 39.8 Å². The van der Waals surface area contributed by atoms with Crippen molar-refractivity contribution in [1.82, 2.24) is 14.9 Å². The maximum Gasteiger partial charge on any atom is 0.276 e. The number of nitrogens with zero attached hydrogens (tertiary/aromatic N) is 3. The van der Waals surface area contributed by atoms with E-state index < -0.39 is 11.7 Å². The number of nitrogen functional groups attached to an aromatic ring is 1. The van der Waals surface area contributed by atoms with Gasteiger partial charge in [0.2, 0.25) is 0 Å². The van der Waals surface area contributed by atoms with Crippen LogP contribution in [0.2, 0.25) is 0 Å². The zero-order valence-corrected chi connectivity index (χ0v) is 20.1. The Bertz CT molecular complexity index is 1330. The van der Waals surface area contributed by atoms with Gasteiger partial charge < -0.3 is 11.1 Å². The second-order valence-electron chi connectivity index (χ2n) is 8.66. The molecule has 1 fully saturated rings. The number of halogens is 2. The molecule has 3 N–H and O–H groups in total. The van der Waals surface area contributed by atoms with Crippen molar-refractivity contribution in [3.05, 3.63) is 81.6 Å². The van der Waals surface area contributed by atoms with Crippen LogP contribution in [0.25, 0.3) is 0 Å². The number of rotatable bonds is 4. The van der Waals surface area contributed by atoms with Gasteiger partial charge in [-0.3, -0.25) is 24.3 Å². The zero-order valence-electron chi connectivity index (χ0n) is 18.5. The zero-order chi connectivity index (χ0) is 24.7. The van der Waals surface area contributed by atoms with E-state index in [1.54, 1.807) is 30.5 Å². The molecule has 0 bridgehead atoms. The highest BCUT2D eigenvalue weighted by Gasteiger charge is 2.41. The number of hydrogen-bond donors (Lipinski definition) is 2. The Morgan fingerprint density at radius 2 is 1.86 bits per heavy atom. The van der Waals surface area contributed by atoms with E-state index in [0.717, 1.165) is 30.9 Å². The molecule has 0 unspecified atom stereocenters. The molecule has 10 heteroatoms. The Morgan fingerprint density at radius 3 is 2.57 bits per heavy atom. The lowest BCUT2D eigenvalue weighted by molar-refractivity contribution is 0.0539. The van der Waals surface area contributed by atoms with E-state index in [9.17, 15) is 18.8 Å². The molecular formula is C25H21BrFN5O3. The van der Waals surface area contributed by atoms with Crippen molar-refractivity contribution in [1.29, 1.82) is 0 Å². The molecule has 2 atom stereocenters. The van der Waals surface area contributed by atoms with E-state index in [1.807, 2.05) is 6.07 Å². The quantitative estimate of drug-likeness (QED) is 0.372. The van der Waals surface area contributed by atoms with Crippen molar-refractivity contribution in [2.75, 3.05) is 11.1 Å². The Morgan fingerprint density at radius 1 is 1.14 bits per heavy atom. The number of nitrogens with two attached hydrogens (primary N) is 1. The molecule has 0 radical (unpaired) electrons. The fourth-order valence-electron chi connectivity index (χ4n) is 4.93. The minimum Gasteiger partial charge on any atom is -0.397 e. The number of amides is 3. The van der Waals surface area contributed by atoms with E-state index in [1.165, 1.54) is 11.1 Å². The molecule has 1 aromatic carbocycles. The summed E-state index contributed by atoms with van der Waals surface area (Å²) < 4.78 is 13.6. The highest BCUT2D eigenvalue weighted by Crippen LogP contribution is 2.40. The monoisotopic (exact) mass is 537 g/mol. The molecule has 5 rings (SSSR count). The summed E-state index contributed by atoms with van der Waals surface area (Å²) in [6.07, 6.45) is 6.11. The largest absolute Gasteiger partial charge is 0.397 e. The summed E-state index contributed by atoms with van der Waals surface area (Å²) in [5, 5.41) is 2.79. The van der Waals surface area contributed by atoms with Gasteiger partial charge in [-0.1, -0.05) is 18.6 Å². The van der Waals surface area contributed by atoms with Crippen molar-refractivity contribution in [3.63, 3.8) is 0 Å². The number of pyridine rings is 2. The van der Waals surface area contributed by atoms with Crippen molar-refractivity contribution in [2.45, 2.75) is 37.6 Å². The van der Waals surface area contributed by atoms with Gasteiger partial charge in [-0.2, -0.15) is 0 Å². The van der Waals surface area contributed by atoms with Crippen LogP contribution in [0.3, 0.4) is 0 Å². The predicted octanol–water partition coefficient (Wildman–Crippen LogP) is 4.54. The summed E-state index contributed by atoms with van der Waals surface area (Å²) in [6, 6.07) is 9.48. The molecule has 3 heterocycles. The summed E-state index contributed by atoms with van der Waals surface area (Å²) in [4.78, 5) is 48.3. The summed E-state index contributed by atoms with van der Waals surface area (Å²) in [5.41, 5.74) is 7.81. The van der Waals surface area contributed by atoms with Gasteiger partial charge in [0, 0.05) is 18.3 Å². The highest BCUT2D eigenvalue weighted by atomic mass is 79.9. The first kappa shape index (κ1) is 23.1. The minimum absolute atomic E-state index is 0.0124. The number of hydrogen-bond acceptors (Lipinski definition) is 6. The standard InChI is InChI=1S/C25H21BrFN5O3/c26-22-18(27)11-19(28)21(31-22)23(33)30-20-12-29-9-8-15(20)13-4-3-5-14(10-13)32-24(34)16-6-1-2-7-17(16)25(32)35/h1-2,6-9,11-14H,3-5,10,28H2,(H,30,33)/t13-,14+/m1/s1. The number of benzene rings is 1. The average molecular weight is 538 g/mol. The fraction of sp³-hybridized carbons (Fsp3) is 0.240. The Balaban J connectivity index is 1.38. The fourth-order valence-corrected chi connectivity index (χ4v) is 5.22. The van der Waals surface area contributed by atoms with Gasteiger partial charge in [0.25, 0.3) is 17.7 Å². The molecule has 2 aliphatic rings. The second-order valence-corrected chi connectivity index (χ2v) is 9.41. The Labute approximate surface area is 208 Å². The lowest BCUT2D eigenvalue weighted by Crippen LogP contribution is -2.42. The Kier molecular flexibility index (Phi) is 6.06. The lowest BCUT2D eigenvalue weighted by atomic mass is 9.80. The van der Waals surface area contributed by atoms with E-state index >= 15 is 0 Å². The minimum atomic E-state index is -0.664. The number of imide groups is 1. The Hall–Kier alpha value is -3.66. The van der Waals surface area contributed by atoms with Gasteiger partial charge in [-0.05, 0) is 64.9 Å². The predicted molar refractivity (Wildman–Crippen MR) is 130 cm³/mol. The molecule has 1 saturated carbocycles. The normalized spacial score (nSPS) is 19.5. The number of carbonyl (C=O) groups is 3. The van der Waals surface area contributed by atoms with Crippen LogP contribution in [0.1, 0.15) is 68.4 Å². The van der Waals surface area contributed by atoms with Gasteiger partial charge in [0.1, 0.15) is 4.60 Å². The molecule has 0 spiro atoms. The lowest BCUT2D eigenvalue weighted by Gasteiger charge is -2.35. The van der Waals surface area contributed by atoms with Crippen molar-refractivity contribution in [2.24, 2.45) is 0 Å². The maximum absolute atomic E-state index is 13.7. The van der Waals surface area contributed by atoms with Crippen LogP contribution in [0.4, 0.5) is 15.8 Å². The summed E-state index contributed by atoms with van der Waals surface area (Å²) in [7, 11) is 0. The number of nitrogens with one attached hydrogen (secondary N) is 1. The molecular weight excluding hydrogens is 517 g/mol. The van der Waals surface area contributed by atoms with Crippen LogP contribution < -0.4 is 11.1 Å². The third-order valence-electron chi connectivity index (χ3n) is 6.56. The van der Waals surface area contributed by atoms with Gasteiger partial charge in [-0.15, -0.1) is 0 Å². The van der Waals surface area contributed by atoms with E-state index in [2.05, 4.69) is 31.2 Å². The van der Waals surface area contributed by atoms with Gasteiger partial charge in [0.15, 0.2) is 11.5 Å². The van der Waals surface area contributed by atoms with Crippen LogP contribution in [0.5, 0.6) is 0 Å². The molecule has 178 valence electrons. The maximum atomic E-state index is 13.7. The molecule has 2 aromatic heterocycles. The average Bonchev–Trinajstić information content (AvgIpc) is 3.11. The summed E-state index contributed by atoms with van der Waals surface area (Å²) in [5.74, 6) is -1.79. The van der Waals surface area contributed by atoms with Crippen molar-refractivity contribution in [3.8, 4) is 0 Å². The van der Waals surface area contributed by atoms with Crippen molar-refractivity contribution < 1.29 is 18.8 Å². The first-order chi connectivity index (χ1) is 16.8. The number of carbonyl (C=O) groups excluding carboxylic acids is 3. The van der Waals surface area contributed by atoms with Crippen LogP contribution in [0.15, 0.2) is 53.4 Å². The molecule has 35 heavy (non-hydrogen) atoms. The third-order valence-corrected chi connectivity index (χ3v) is 7.11. The highest BCUT2D eigenvalue weighted by molar-refractivity contribution is 9.10. The van der Waals surface area contributed by atoms with Gasteiger partial charge in [-0.25, -0.2) is 9.37 Å². The van der Waals surface area contributed by atoms with Crippen molar-refractivity contribution >= 4 is 45.0 Å². The summed E-state index contributed by atoms with van der Waals surface area (Å²) >= 11 is 2.98. The number of aromatic nitrogens is 2. The van der Waals surface area contributed by atoms with Crippen LogP contribution in [0, 0.1) is 5.82 Å². The molecule has 3 amide bonds. The molecule has 1 aliphatic carbocycles. The first-order valence-electron chi connectivity index (χ1n) is 11.2. The third kappa shape index (κ3) is 4.18. The molecule has 1 aliphatic heterocycles. The smallest absolute Gasteiger partial charge is 0.276 e. The SMILES string of the molecule is Nc1cc(F)c(Br)nc1C(=O)Nc1cnccc1[C@@H]1CCC[C@H](N2C(=O)c3ccccc3C2=O)C1. The van der Waals surface area contributed by atoms with Crippen LogP contribution >= 0.6 is 15.9 Å². The molecule has 0 saturated heterocycles. The van der Waals surface area contributed by atoms with Gasteiger partial charge >= 0.3 is 0 Å². The van der Waals surface area contributed by atoms with Gasteiger partial charge in [0.05, 0.1) is 28.7 Å². The molecule has 8 nitrogen and oxygen atoms in total. The van der Waals surface area contributed by atoms with E-state index in [0.29, 0.717) is 23.2 Å². The van der Waals surface area contributed by atoms with E-state index in [4.69, 9.17) is 5.73 Å². The number of fused-ring (bicyclic) bond motifs is 1. The molecule has 3 aromatic rings. The van der Waals surface area contributed by atoms with Crippen LogP contribution in [-0.2, 0) is 0 Å². The second kappa shape index (κ2) is 9.18. The summed E-state index contributed by atoms with van der Waals surface area (Å²) in [6.45, 7) is 0. The number of anilines is 2.